The van der Waals surface area contributed by atoms with Crippen LogP contribution in [0.15, 0.2) is 12.4 Å². The molecule has 1 unspecified atom stereocenters. The first-order valence-electron chi connectivity index (χ1n) is 10.2. The van der Waals surface area contributed by atoms with Gasteiger partial charge in [0.05, 0.1) is 32.7 Å². The van der Waals surface area contributed by atoms with Gasteiger partial charge in [0.15, 0.2) is 0 Å². The van der Waals surface area contributed by atoms with Crippen molar-refractivity contribution in [2.45, 2.75) is 38.9 Å². The van der Waals surface area contributed by atoms with E-state index in [1.54, 1.807) is 6.92 Å². The number of esters is 2. The lowest BCUT2D eigenvalue weighted by Crippen LogP contribution is -2.60. The Labute approximate surface area is 188 Å². The van der Waals surface area contributed by atoms with Gasteiger partial charge in [-0.15, -0.1) is 0 Å². The molecule has 1 fully saturated rings. The summed E-state index contributed by atoms with van der Waals surface area (Å²) in [6.45, 7) is 9.57. The molecule has 1 aliphatic rings. The third kappa shape index (κ3) is 8.78. The molecule has 0 saturated carbocycles. The van der Waals surface area contributed by atoms with Gasteiger partial charge in [-0.05, 0) is 5.92 Å². The Morgan fingerprint density at radius 1 is 0.871 bits per heavy atom. The number of hydrogen-bond donors (Lipinski definition) is 1. The number of methoxy groups -OCH3 is 1. The van der Waals surface area contributed by atoms with Crippen molar-refractivity contribution in [2.75, 3.05) is 46.6 Å². The summed E-state index contributed by atoms with van der Waals surface area (Å²) in [5.41, 5.74) is 0. The van der Waals surface area contributed by atoms with Gasteiger partial charge in [0, 0.05) is 18.8 Å². The second kappa shape index (κ2) is 13.2. The van der Waals surface area contributed by atoms with E-state index >= 15 is 0 Å². The Bertz CT molecular complexity index is 619. The fourth-order valence-corrected chi connectivity index (χ4v) is 2.91. The van der Waals surface area contributed by atoms with Gasteiger partial charge in [0.2, 0.25) is 0 Å². The molecule has 0 bridgehead atoms. The van der Waals surface area contributed by atoms with Crippen molar-refractivity contribution in [3.05, 3.63) is 12.4 Å². The van der Waals surface area contributed by atoms with Crippen molar-refractivity contribution in [3.8, 4) is 0 Å². The van der Waals surface area contributed by atoms with Crippen LogP contribution in [0.3, 0.4) is 0 Å². The summed E-state index contributed by atoms with van der Waals surface area (Å²) in [4.78, 5) is 52.6. The molecule has 0 spiro atoms. The third-order valence-electron chi connectivity index (χ3n) is 4.26. The van der Waals surface area contributed by atoms with Crippen LogP contribution < -0.4 is 0 Å². The molecular weight excluding hydrogens is 426 g/mol. The van der Waals surface area contributed by atoms with Crippen molar-refractivity contribution in [1.29, 1.82) is 0 Å². The number of hydrogen-bond acceptors (Lipinski definition) is 8. The Kier molecular flexibility index (Phi) is 11.4. The average molecular weight is 460 g/mol. The highest BCUT2D eigenvalue weighted by molar-refractivity contribution is 7.80. The normalized spacial score (nSPS) is 15.5. The number of amides is 4. The Morgan fingerprint density at radius 2 is 1.32 bits per heavy atom. The van der Waals surface area contributed by atoms with Crippen LogP contribution in [0.2, 0.25) is 0 Å². The monoisotopic (exact) mass is 459 g/mol. The highest BCUT2D eigenvalue weighted by Gasteiger charge is 2.39. The second-order valence-corrected chi connectivity index (χ2v) is 8.40. The van der Waals surface area contributed by atoms with Gasteiger partial charge >= 0.3 is 24.0 Å². The molecule has 1 aliphatic heterocycles. The summed E-state index contributed by atoms with van der Waals surface area (Å²) < 4.78 is 15.3. The van der Waals surface area contributed by atoms with Crippen molar-refractivity contribution in [1.82, 2.24) is 14.7 Å². The topological polar surface area (TPSA) is 106 Å². The minimum Gasteiger partial charge on any atom is -0.464 e. The summed E-state index contributed by atoms with van der Waals surface area (Å²) in [7, 11) is 1.46. The van der Waals surface area contributed by atoms with E-state index in [1.165, 1.54) is 16.9 Å². The summed E-state index contributed by atoms with van der Waals surface area (Å²) in [6.07, 6.45) is 0.417. The van der Waals surface area contributed by atoms with Gasteiger partial charge in [-0.2, -0.15) is 12.6 Å². The summed E-state index contributed by atoms with van der Waals surface area (Å²) in [5, 5.41) is -0.143. The van der Waals surface area contributed by atoms with Crippen LogP contribution in [0, 0.1) is 5.92 Å². The van der Waals surface area contributed by atoms with Gasteiger partial charge in [0.1, 0.15) is 19.0 Å². The second-order valence-electron chi connectivity index (χ2n) is 7.52. The highest BCUT2D eigenvalue weighted by Crippen LogP contribution is 2.21. The molecule has 1 atom stereocenters. The molecular formula is C20H33N3O7S. The smallest absolute Gasteiger partial charge is 0.333 e. The highest BCUT2D eigenvalue weighted by atomic mass is 32.1. The van der Waals surface area contributed by atoms with Gasteiger partial charge < -0.3 is 14.2 Å². The lowest BCUT2D eigenvalue weighted by Gasteiger charge is -2.42. The molecule has 0 aromatic carbocycles. The molecule has 0 aromatic heterocycles. The minimum atomic E-state index is -0.585. The van der Waals surface area contributed by atoms with Crippen LogP contribution in [-0.2, 0) is 23.8 Å². The fourth-order valence-electron chi connectivity index (χ4n) is 2.76. The van der Waals surface area contributed by atoms with E-state index in [4.69, 9.17) is 14.2 Å². The first kappa shape index (κ1) is 26.8. The zero-order valence-electron chi connectivity index (χ0n) is 18.7. The van der Waals surface area contributed by atoms with E-state index in [1.807, 2.05) is 13.8 Å². The van der Waals surface area contributed by atoms with Gasteiger partial charge in [0.25, 0.3) is 0 Å². The van der Waals surface area contributed by atoms with Crippen molar-refractivity contribution in [2.24, 2.45) is 5.92 Å². The maximum absolute atomic E-state index is 12.8. The van der Waals surface area contributed by atoms with Crippen LogP contribution in [0.4, 0.5) is 9.59 Å². The van der Waals surface area contributed by atoms with Crippen molar-refractivity contribution >= 4 is 36.6 Å². The van der Waals surface area contributed by atoms with Crippen molar-refractivity contribution in [3.63, 3.8) is 0 Å². The first-order valence-corrected chi connectivity index (χ1v) is 10.7. The number of carbonyl (C=O) groups is 4. The molecule has 0 N–H and O–H groups in total. The molecule has 11 heteroatoms. The predicted molar refractivity (Wildman–Crippen MR) is 116 cm³/mol. The molecule has 0 aromatic rings. The number of imide groups is 1. The summed E-state index contributed by atoms with van der Waals surface area (Å²) >= 11 is 4.14. The quantitative estimate of drug-likeness (QED) is 0.332. The number of carbonyl (C=O) groups excluding carboxylic acids is 4. The van der Waals surface area contributed by atoms with Crippen LogP contribution in [0.5, 0.6) is 0 Å². The SMILES string of the molecule is C=C1N(CCOC(=O)CC(C)C)C(=O)N(CCOC)C(=O)N1CCOC(=O)CC(C)S. The van der Waals surface area contributed by atoms with E-state index in [9.17, 15) is 19.2 Å². The van der Waals surface area contributed by atoms with E-state index in [0.717, 1.165) is 4.90 Å². The number of thiol groups is 1. The zero-order valence-corrected chi connectivity index (χ0v) is 19.6. The Balaban J connectivity index is 2.80. The number of urea groups is 2. The average Bonchev–Trinajstić information content (AvgIpc) is 2.66. The maximum Gasteiger partial charge on any atom is 0.333 e. The van der Waals surface area contributed by atoms with Gasteiger partial charge in [-0.3, -0.25) is 19.4 Å². The predicted octanol–water partition coefficient (Wildman–Crippen LogP) is 2.10. The van der Waals surface area contributed by atoms with E-state index < -0.39 is 18.0 Å². The Morgan fingerprint density at radius 3 is 1.74 bits per heavy atom. The third-order valence-corrected chi connectivity index (χ3v) is 4.44. The van der Waals surface area contributed by atoms with E-state index in [-0.39, 0.29) is 75.3 Å². The summed E-state index contributed by atoms with van der Waals surface area (Å²) in [6, 6.07) is -1.16. The molecule has 0 aliphatic carbocycles. The van der Waals surface area contributed by atoms with Crippen LogP contribution in [0.1, 0.15) is 33.6 Å². The first-order chi connectivity index (χ1) is 14.6. The lowest BCUT2D eigenvalue weighted by atomic mass is 10.1. The minimum absolute atomic E-state index is 0.0186. The van der Waals surface area contributed by atoms with Gasteiger partial charge in [-0.1, -0.05) is 27.4 Å². The van der Waals surface area contributed by atoms with E-state index in [2.05, 4.69) is 19.2 Å². The molecule has 0 radical (unpaired) electrons. The van der Waals surface area contributed by atoms with Crippen LogP contribution in [0.25, 0.3) is 0 Å². The maximum atomic E-state index is 12.8. The number of ether oxygens (including phenoxy) is 3. The van der Waals surface area contributed by atoms with Gasteiger partial charge in [-0.25, -0.2) is 14.5 Å². The number of nitrogens with zero attached hydrogens (tertiary/aromatic N) is 3. The van der Waals surface area contributed by atoms with Crippen molar-refractivity contribution < 1.29 is 33.4 Å². The lowest BCUT2D eigenvalue weighted by molar-refractivity contribution is -0.145. The van der Waals surface area contributed by atoms with E-state index in [0.29, 0.717) is 0 Å². The fraction of sp³-hybridized carbons (Fsp3) is 0.700. The standard InChI is InChI=1S/C20H33N3O7S/c1-14(2)12-17(24)29-10-7-21-16(4)22(8-11-30-18(25)13-15(3)31)20(27)23(19(21)26)6-9-28-5/h14-15,31H,4,6-13H2,1-3,5H3. The van der Waals surface area contributed by atoms with Crippen LogP contribution >= 0.6 is 12.6 Å². The molecule has 1 saturated heterocycles. The molecule has 1 rings (SSSR count). The summed E-state index contributed by atoms with van der Waals surface area (Å²) in [5.74, 6) is -0.509. The largest absolute Gasteiger partial charge is 0.464 e. The number of rotatable bonds is 13. The van der Waals surface area contributed by atoms with Crippen LogP contribution in [-0.4, -0.2) is 90.5 Å². The zero-order chi connectivity index (χ0) is 23.6. The molecule has 4 amide bonds. The Hall–Kier alpha value is -2.27. The molecule has 10 nitrogen and oxygen atoms in total. The molecule has 176 valence electrons. The molecule has 1 heterocycles. The molecule has 31 heavy (non-hydrogen) atoms.